The van der Waals surface area contributed by atoms with Crippen LogP contribution in [0.2, 0.25) is 0 Å². The number of hydrogen-bond acceptors (Lipinski definition) is 4. The zero-order chi connectivity index (χ0) is 18.1. The summed E-state index contributed by atoms with van der Waals surface area (Å²) in [6.45, 7) is 3.82. The fourth-order valence-corrected chi connectivity index (χ4v) is 4.44. The highest BCUT2D eigenvalue weighted by Gasteiger charge is 2.32. The van der Waals surface area contributed by atoms with Crippen LogP contribution in [-0.2, 0) is 16.0 Å². The number of fused-ring (bicyclic) bond motifs is 1. The number of benzene rings is 1. The Balaban J connectivity index is 1.38. The van der Waals surface area contributed by atoms with E-state index >= 15 is 0 Å². The van der Waals surface area contributed by atoms with Crippen LogP contribution in [0.3, 0.4) is 0 Å². The van der Waals surface area contributed by atoms with E-state index in [-0.39, 0.29) is 30.1 Å². The lowest BCUT2D eigenvalue weighted by Gasteiger charge is -2.21. The Bertz CT molecular complexity index is 702. The molecule has 3 atom stereocenters. The van der Waals surface area contributed by atoms with Crippen LogP contribution < -0.4 is 10.6 Å². The molecule has 1 unspecified atom stereocenters. The third kappa shape index (κ3) is 3.51. The van der Waals surface area contributed by atoms with Gasteiger partial charge in [0.15, 0.2) is 0 Å². The van der Waals surface area contributed by atoms with Gasteiger partial charge < -0.3 is 10.2 Å². The predicted octanol–water partition coefficient (Wildman–Crippen LogP) is 0.963. The topological polar surface area (TPSA) is 78.5 Å². The van der Waals surface area contributed by atoms with Gasteiger partial charge in [0, 0.05) is 25.1 Å². The molecule has 0 radical (unpaired) electrons. The van der Waals surface area contributed by atoms with Gasteiger partial charge >= 0.3 is 0 Å². The van der Waals surface area contributed by atoms with Gasteiger partial charge in [-0.15, -0.1) is 0 Å². The minimum Gasteiger partial charge on any atom is -0.339 e. The second kappa shape index (κ2) is 7.19. The molecule has 6 nitrogen and oxygen atoms in total. The van der Waals surface area contributed by atoms with Crippen molar-refractivity contribution in [2.45, 2.75) is 25.7 Å². The molecular formula is C20H25N3O3. The number of nitrogens with zero attached hydrogens (tertiary/aromatic N) is 1. The van der Waals surface area contributed by atoms with E-state index in [9.17, 15) is 14.4 Å². The zero-order valence-corrected chi connectivity index (χ0v) is 14.9. The number of carbonyl (C=O) groups is 3. The summed E-state index contributed by atoms with van der Waals surface area (Å²) in [5, 5.41) is 5.80. The number of amides is 3. The van der Waals surface area contributed by atoms with Crippen LogP contribution >= 0.6 is 0 Å². The van der Waals surface area contributed by atoms with Crippen LogP contribution in [0.5, 0.6) is 0 Å². The van der Waals surface area contributed by atoms with Crippen LogP contribution in [0.15, 0.2) is 24.3 Å². The Morgan fingerprint density at radius 3 is 2.27 bits per heavy atom. The second-order valence-electron chi connectivity index (χ2n) is 7.76. The van der Waals surface area contributed by atoms with Crippen molar-refractivity contribution in [2.24, 2.45) is 17.8 Å². The van der Waals surface area contributed by atoms with Crippen LogP contribution in [0, 0.1) is 17.8 Å². The molecule has 1 aromatic rings. The fourth-order valence-electron chi connectivity index (χ4n) is 4.44. The van der Waals surface area contributed by atoms with E-state index in [1.807, 2.05) is 29.2 Å². The summed E-state index contributed by atoms with van der Waals surface area (Å²) in [5.41, 5.74) is 1.68. The summed E-state index contributed by atoms with van der Waals surface area (Å²) < 4.78 is 0. The lowest BCUT2D eigenvalue weighted by atomic mass is 9.92. The Labute approximate surface area is 153 Å². The quantitative estimate of drug-likeness (QED) is 0.792. The van der Waals surface area contributed by atoms with Crippen molar-refractivity contribution >= 4 is 17.7 Å². The van der Waals surface area contributed by atoms with E-state index in [4.69, 9.17) is 0 Å². The molecule has 3 aliphatic heterocycles. The maximum atomic E-state index is 12.8. The van der Waals surface area contributed by atoms with E-state index in [0.717, 1.165) is 44.6 Å². The molecular weight excluding hydrogens is 330 g/mol. The molecule has 0 bridgehead atoms. The Hall–Kier alpha value is -2.21. The van der Waals surface area contributed by atoms with Gasteiger partial charge in [0.1, 0.15) is 0 Å². The first-order valence-electron chi connectivity index (χ1n) is 9.53. The third-order valence-corrected chi connectivity index (χ3v) is 6.05. The van der Waals surface area contributed by atoms with Crippen LogP contribution in [-0.4, -0.2) is 48.8 Å². The standard InChI is InChI=1S/C20H25N3O3/c24-18-10-17(19(25)22-18)9-13-1-3-14(4-2-13)20(26)23-7-5-15-11-21-12-16(15)6-8-23/h1-4,15-17,21H,5-12H2,(H,22,24,25)/t15-,16+,17?. The summed E-state index contributed by atoms with van der Waals surface area (Å²) in [6.07, 6.45) is 2.94. The number of rotatable bonds is 3. The molecule has 6 heteroatoms. The summed E-state index contributed by atoms with van der Waals surface area (Å²) in [4.78, 5) is 37.8. The van der Waals surface area contributed by atoms with E-state index in [0.29, 0.717) is 23.8 Å². The van der Waals surface area contributed by atoms with Gasteiger partial charge in [-0.1, -0.05) is 12.1 Å². The first-order valence-corrected chi connectivity index (χ1v) is 9.53. The highest BCUT2D eigenvalue weighted by molar-refractivity contribution is 6.03. The molecule has 26 heavy (non-hydrogen) atoms. The zero-order valence-electron chi connectivity index (χ0n) is 14.9. The Morgan fingerprint density at radius 1 is 1.04 bits per heavy atom. The molecule has 3 saturated heterocycles. The van der Waals surface area contributed by atoms with Crippen molar-refractivity contribution in [1.29, 1.82) is 0 Å². The molecule has 3 aliphatic rings. The summed E-state index contributed by atoms with van der Waals surface area (Å²) in [7, 11) is 0. The van der Waals surface area contributed by atoms with Gasteiger partial charge in [0.25, 0.3) is 5.91 Å². The van der Waals surface area contributed by atoms with Gasteiger partial charge in [-0.25, -0.2) is 0 Å². The minimum absolute atomic E-state index is 0.0956. The van der Waals surface area contributed by atoms with E-state index < -0.39 is 0 Å². The fraction of sp³-hybridized carbons (Fsp3) is 0.550. The summed E-state index contributed by atoms with van der Waals surface area (Å²) >= 11 is 0. The lowest BCUT2D eigenvalue weighted by Crippen LogP contribution is -2.32. The molecule has 0 aromatic heterocycles. The average molecular weight is 355 g/mol. The molecule has 3 heterocycles. The Morgan fingerprint density at radius 2 is 1.69 bits per heavy atom. The van der Waals surface area contributed by atoms with Crippen molar-refractivity contribution in [2.75, 3.05) is 26.2 Å². The van der Waals surface area contributed by atoms with E-state index in [2.05, 4.69) is 10.6 Å². The first kappa shape index (κ1) is 17.2. The molecule has 2 N–H and O–H groups in total. The average Bonchev–Trinajstić information content (AvgIpc) is 3.15. The van der Waals surface area contributed by atoms with Crippen molar-refractivity contribution in [3.63, 3.8) is 0 Å². The third-order valence-electron chi connectivity index (χ3n) is 6.05. The SMILES string of the molecule is O=C1CC(Cc2ccc(C(=O)N3CC[C@@H]4CNC[C@@H]4CC3)cc2)C(=O)N1. The van der Waals surface area contributed by atoms with Crippen LogP contribution in [0.25, 0.3) is 0 Å². The van der Waals surface area contributed by atoms with E-state index in [1.54, 1.807) is 0 Å². The largest absolute Gasteiger partial charge is 0.339 e. The Kier molecular flexibility index (Phi) is 4.76. The predicted molar refractivity (Wildman–Crippen MR) is 96.4 cm³/mol. The maximum Gasteiger partial charge on any atom is 0.253 e. The van der Waals surface area contributed by atoms with Crippen molar-refractivity contribution in [1.82, 2.24) is 15.5 Å². The number of hydrogen-bond donors (Lipinski definition) is 2. The highest BCUT2D eigenvalue weighted by Crippen LogP contribution is 2.27. The number of nitrogens with one attached hydrogen (secondary N) is 2. The molecule has 4 rings (SSSR count). The van der Waals surface area contributed by atoms with Crippen molar-refractivity contribution in [3.8, 4) is 0 Å². The van der Waals surface area contributed by atoms with Gasteiger partial charge in [-0.05, 0) is 61.9 Å². The van der Waals surface area contributed by atoms with E-state index in [1.165, 1.54) is 0 Å². The number of imide groups is 1. The number of carbonyl (C=O) groups excluding carboxylic acids is 3. The smallest absolute Gasteiger partial charge is 0.253 e. The van der Waals surface area contributed by atoms with Crippen molar-refractivity contribution in [3.05, 3.63) is 35.4 Å². The highest BCUT2D eigenvalue weighted by atomic mass is 16.2. The van der Waals surface area contributed by atoms with Crippen LogP contribution in [0.4, 0.5) is 0 Å². The first-order chi connectivity index (χ1) is 12.6. The molecule has 3 fully saturated rings. The lowest BCUT2D eigenvalue weighted by molar-refractivity contribution is -0.125. The van der Waals surface area contributed by atoms with Gasteiger partial charge in [-0.3, -0.25) is 19.7 Å². The van der Waals surface area contributed by atoms with Gasteiger partial charge in [0.2, 0.25) is 11.8 Å². The van der Waals surface area contributed by atoms with Crippen LogP contribution in [0.1, 0.15) is 35.2 Å². The monoisotopic (exact) mass is 355 g/mol. The minimum atomic E-state index is -0.289. The van der Waals surface area contributed by atoms with Gasteiger partial charge in [0.05, 0.1) is 5.92 Å². The normalized spacial score (nSPS) is 28.6. The molecule has 0 spiro atoms. The maximum absolute atomic E-state index is 12.8. The number of likely N-dealkylation sites (tertiary alicyclic amines) is 1. The van der Waals surface area contributed by atoms with Gasteiger partial charge in [-0.2, -0.15) is 0 Å². The van der Waals surface area contributed by atoms with Crippen molar-refractivity contribution < 1.29 is 14.4 Å². The second-order valence-corrected chi connectivity index (χ2v) is 7.76. The molecule has 138 valence electrons. The summed E-state index contributed by atoms with van der Waals surface area (Å²) in [5.74, 6) is 0.819. The molecule has 3 amide bonds. The molecule has 0 aliphatic carbocycles. The molecule has 0 saturated carbocycles. The molecule has 1 aromatic carbocycles. The summed E-state index contributed by atoms with van der Waals surface area (Å²) in [6, 6.07) is 7.50.